The van der Waals surface area contributed by atoms with Crippen molar-refractivity contribution in [1.29, 1.82) is 0 Å². The number of hydrogen-bond donors (Lipinski definition) is 0. The van der Waals surface area contributed by atoms with E-state index in [1.165, 1.54) is 0 Å². The molecule has 5 heteroatoms. The SMILES string of the molecule is COCCOC(=O)Cc1ccc(C(=O)CBr)cc1. The Hall–Kier alpha value is -1.20. The number of hydrogen-bond acceptors (Lipinski definition) is 4. The summed E-state index contributed by atoms with van der Waals surface area (Å²) in [5.41, 5.74) is 1.45. The van der Waals surface area contributed by atoms with Crippen molar-refractivity contribution in [3.05, 3.63) is 35.4 Å². The highest BCUT2D eigenvalue weighted by Crippen LogP contribution is 2.07. The molecule has 0 amide bonds. The van der Waals surface area contributed by atoms with Gasteiger partial charge in [-0.15, -0.1) is 0 Å². The maximum absolute atomic E-state index is 11.4. The molecule has 0 N–H and O–H groups in total. The van der Waals surface area contributed by atoms with Crippen LogP contribution in [0.4, 0.5) is 0 Å². The van der Waals surface area contributed by atoms with Crippen LogP contribution in [0.2, 0.25) is 0 Å². The highest BCUT2D eigenvalue weighted by atomic mass is 79.9. The van der Waals surface area contributed by atoms with Crippen LogP contribution in [0.25, 0.3) is 0 Å². The third-order valence-corrected chi connectivity index (χ3v) is 2.81. The quantitative estimate of drug-likeness (QED) is 0.334. The second kappa shape index (κ2) is 8.00. The Morgan fingerprint density at radius 2 is 1.83 bits per heavy atom. The van der Waals surface area contributed by atoms with Gasteiger partial charge in [-0.3, -0.25) is 9.59 Å². The van der Waals surface area contributed by atoms with E-state index in [1.807, 2.05) is 0 Å². The molecule has 1 aromatic carbocycles. The number of methoxy groups -OCH3 is 1. The number of benzene rings is 1. The molecule has 0 bridgehead atoms. The summed E-state index contributed by atoms with van der Waals surface area (Å²) in [5.74, 6) is -0.282. The minimum atomic E-state index is -0.299. The summed E-state index contributed by atoms with van der Waals surface area (Å²) in [6, 6.07) is 6.93. The van der Waals surface area contributed by atoms with Gasteiger partial charge < -0.3 is 9.47 Å². The van der Waals surface area contributed by atoms with Crippen LogP contribution in [-0.4, -0.2) is 37.4 Å². The lowest BCUT2D eigenvalue weighted by Gasteiger charge is -2.04. The van der Waals surface area contributed by atoms with Crippen molar-refractivity contribution >= 4 is 27.7 Å². The predicted molar refractivity (Wildman–Crippen MR) is 71.1 cm³/mol. The number of carbonyl (C=O) groups is 2. The number of Topliss-reactive ketones (excluding diaryl/α,β-unsaturated/α-hetero) is 1. The Labute approximate surface area is 114 Å². The summed E-state index contributed by atoms with van der Waals surface area (Å²) in [7, 11) is 1.55. The van der Waals surface area contributed by atoms with Crippen LogP contribution in [0.3, 0.4) is 0 Å². The molecule has 0 aliphatic carbocycles. The first-order chi connectivity index (χ1) is 8.67. The molecule has 1 rings (SSSR count). The number of rotatable bonds is 7. The lowest BCUT2D eigenvalue weighted by Crippen LogP contribution is -2.12. The zero-order chi connectivity index (χ0) is 13.4. The van der Waals surface area contributed by atoms with Crippen molar-refractivity contribution in [1.82, 2.24) is 0 Å². The second-order valence-electron chi connectivity index (χ2n) is 3.64. The average Bonchev–Trinajstić information content (AvgIpc) is 2.39. The van der Waals surface area contributed by atoms with Gasteiger partial charge in [0.05, 0.1) is 18.4 Å². The van der Waals surface area contributed by atoms with Gasteiger partial charge in [-0.05, 0) is 5.56 Å². The van der Waals surface area contributed by atoms with E-state index in [9.17, 15) is 9.59 Å². The first-order valence-electron chi connectivity index (χ1n) is 5.50. The van der Waals surface area contributed by atoms with Gasteiger partial charge in [0.2, 0.25) is 0 Å². The Morgan fingerprint density at radius 1 is 1.17 bits per heavy atom. The smallest absolute Gasteiger partial charge is 0.310 e. The zero-order valence-electron chi connectivity index (χ0n) is 10.1. The van der Waals surface area contributed by atoms with E-state index in [0.29, 0.717) is 17.5 Å². The van der Waals surface area contributed by atoms with Crippen LogP contribution in [0.1, 0.15) is 15.9 Å². The lowest BCUT2D eigenvalue weighted by atomic mass is 10.1. The molecule has 0 unspecified atom stereocenters. The number of alkyl halides is 1. The summed E-state index contributed by atoms with van der Waals surface area (Å²) in [6.07, 6.45) is 0.201. The van der Waals surface area contributed by atoms with Crippen LogP contribution in [-0.2, 0) is 20.7 Å². The number of ether oxygens (including phenoxy) is 2. The van der Waals surface area contributed by atoms with Gasteiger partial charge in [0.25, 0.3) is 0 Å². The van der Waals surface area contributed by atoms with E-state index in [4.69, 9.17) is 9.47 Å². The number of halogens is 1. The fourth-order valence-electron chi connectivity index (χ4n) is 1.34. The van der Waals surface area contributed by atoms with Crippen LogP contribution in [0, 0.1) is 0 Å². The van der Waals surface area contributed by atoms with Gasteiger partial charge in [-0.25, -0.2) is 0 Å². The van der Waals surface area contributed by atoms with Crippen molar-refractivity contribution < 1.29 is 19.1 Å². The van der Waals surface area contributed by atoms with Gasteiger partial charge in [0.15, 0.2) is 5.78 Å². The normalized spacial score (nSPS) is 10.1. The maximum atomic E-state index is 11.4. The molecule has 98 valence electrons. The third kappa shape index (κ3) is 4.98. The van der Waals surface area contributed by atoms with Gasteiger partial charge in [-0.1, -0.05) is 40.2 Å². The standard InChI is InChI=1S/C13H15BrO4/c1-17-6-7-18-13(16)8-10-2-4-11(5-3-10)12(15)9-14/h2-5H,6-9H2,1H3. The fourth-order valence-corrected chi connectivity index (χ4v) is 1.67. The van der Waals surface area contributed by atoms with Crippen molar-refractivity contribution in [3.63, 3.8) is 0 Å². The van der Waals surface area contributed by atoms with E-state index in [0.717, 1.165) is 5.56 Å². The number of esters is 1. The van der Waals surface area contributed by atoms with Crippen molar-refractivity contribution in [3.8, 4) is 0 Å². The third-order valence-electron chi connectivity index (χ3n) is 2.30. The van der Waals surface area contributed by atoms with Gasteiger partial charge in [0.1, 0.15) is 6.61 Å². The molecule has 0 radical (unpaired) electrons. The largest absolute Gasteiger partial charge is 0.463 e. The molecule has 0 saturated carbocycles. The molecule has 0 aromatic heterocycles. The second-order valence-corrected chi connectivity index (χ2v) is 4.20. The molecule has 4 nitrogen and oxygen atoms in total. The minimum Gasteiger partial charge on any atom is -0.463 e. The van der Waals surface area contributed by atoms with E-state index < -0.39 is 0 Å². The van der Waals surface area contributed by atoms with Crippen LogP contribution in [0.5, 0.6) is 0 Å². The Kier molecular flexibility index (Phi) is 6.60. The highest BCUT2D eigenvalue weighted by molar-refractivity contribution is 9.09. The van der Waals surface area contributed by atoms with E-state index in [2.05, 4.69) is 15.9 Å². The molecular formula is C13H15BrO4. The molecule has 0 atom stereocenters. The first-order valence-corrected chi connectivity index (χ1v) is 6.62. The van der Waals surface area contributed by atoms with Crippen molar-refractivity contribution in [2.75, 3.05) is 25.7 Å². The molecule has 0 fully saturated rings. The van der Waals surface area contributed by atoms with E-state index in [1.54, 1.807) is 31.4 Å². The summed E-state index contributed by atoms with van der Waals surface area (Å²) >= 11 is 3.11. The molecule has 0 saturated heterocycles. The summed E-state index contributed by atoms with van der Waals surface area (Å²) in [6.45, 7) is 0.653. The van der Waals surface area contributed by atoms with Gasteiger partial charge in [-0.2, -0.15) is 0 Å². The lowest BCUT2D eigenvalue weighted by molar-refractivity contribution is -0.144. The van der Waals surface area contributed by atoms with Crippen molar-refractivity contribution in [2.24, 2.45) is 0 Å². The molecule has 0 spiro atoms. The van der Waals surface area contributed by atoms with Crippen molar-refractivity contribution in [2.45, 2.75) is 6.42 Å². The van der Waals surface area contributed by atoms with Gasteiger partial charge >= 0.3 is 5.97 Å². The minimum absolute atomic E-state index is 0.0178. The first kappa shape index (κ1) is 14.9. The summed E-state index contributed by atoms with van der Waals surface area (Å²) in [4.78, 5) is 22.8. The highest BCUT2D eigenvalue weighted by Gasteiger charge is 2.07. The molecular weight excluding hydrogens is 300 g/mol. The molecule has 0 aliphatic heterocycles. The number of carbonyl (C=O) groups excluding carboxylic acids is 2. The zero-order valence-corrected chi connectivity index (χ0v) is 11.7. The monoisotopic (exact) mass is 314 g/mol. The fraction of sp³-hybridized carbons (Fsp3) is 0.385. The summed E-state index contributed by atoms with van der Waals surface area (Å²) in [5, 5.41) is 0.297. The molecule has 0 heterocycles. The Balaban J connectivity index is 2.48. The van der Waals surface area contributed by atoms with E-state index in [-0.39, 0.29) is 24.8 Å². The van der Waals surface area contributed by atoms with E-state index >= 15 is 0 Å². The topological polar surface area (TPSA) is 52.6 Å². The molecule has 1 aromatic rings. The van der Waals surface area contributed by atoms with Crippen LogP contribution < -0.4 is 0 Å². The van der Waals surface area contributed by atoms with Crippen LogP contribution >= 0.6 is 15.9 Å². The average molecular weight is 315 g/mol. The van der Waals surface area contributed by atoms with Gasteiger partial charge in [0, 0.05) is 12.7 Å². The number of ketones is 1. The summed E-state index contributed by atoms with van der Waals surface area (Å²) < 4.78 is 9.72. The Morgan fingerprint density at radius 3 is 2.39 bits per heavy atom. The molecule has 0 aliphatic rings. The Bertz CT molecular complexity index is 400. The molecule has 18 heavy (non-hydrogen) atoms. The predicted octanol–water partition coefficient (Wildman–Crippen LogP) is 2.00. The maximum Gasteiger partial charge on any atom is 0.310 e. The van der Waals surface area contributed by atoms with Crippen LogP contribution in [0.15, 0.2) is 24.3 Å².